The highest BCUT2D eigenvalue weighted by atomic mass is 32.2. The number of aliphatic imine (C=N–C) groups is 1. The van der Waals surface area contributed by atoms with Crippen molar-refractivity contribution in [2.45, 2.75) is 72.8 Å². The molecule has 0 unspecified atom stereocenters. The van der Waals surface area contributed by atoms with Crippen molar-refractivity contribution in [1.82, 2.24) is 4.57 Å². The Kier molecular flexibility index (Phi) is 22.5. The van der Waals surface area contributed by atoms with Crippen LogP contribution in [0.25, 0.3) is 49.5 Å². The third-order valence-corrected chi connectivity index (χ3v) is 11.6. The molecule has 1 aromatic heterocycles. The van der Waals surface area contributed by atoms with Crippen LogP contribution >= 0.6 is 12.0 Å². The summed E-state index contributed by atoms with van der Waals surface area (Å²) in [7, 11) is 1.64. The predicted octanol–water partition coefficient (Wildman–Crippen LogP) is 18.3. The van der Waals surface area contributed by atoms with Crippen LogP contribution in [0, 0.1) is 5.92 Å². The van der Waals surface area contributed by atoms with E-state index in [2.05, 4.69) is 212 Å². The van der Waals surface area contributed by atoms with Crippen molar-refractivity contribution in [2.24, 2.45) is 10.9 Å². The number of ether oxygens (including phenoxy) is 1. The molecule has 342 valence electrons. The van der Waals surface area contributed by atoms with Crippen LogP contribution in [0.1, 0.15) is 79.0 Å². The van der Waals surface area contributed by atoms with Gasteiger partial charge in [0.15, 0.2) is 0 Å². The summed E-state index contributed by atoms with van der Waals surface area (Å²) in [5.41, 5.74) is 9.58. The Morgan fingerprint density at radius 3 is 1.83 bits per heavy atom. The molecule has 6 aromatic carbocycles. The van der Waals surface area contributed by atoms with Crippen LogP contribution in [-0.4, -0.2) is 23.0 Å². The van der Waals surface area contributed by atoms with Gasteiger partial charge >= 0.3 is 0 Å². The molecule has 7 aromatic rings. The average molecular weight is 895 g/mol. The van der Waals surface area contributed by atoms with Crippen molar-refractivity contribution in [3.8, 4) is 5.69 Å². The highest BCUT2D eigenvalue weighted by Gasteiger charge is 2.24. The van der Waals surface area contributed by atoms with Gasteiger partial charge in [0, 0.05) is 44.7 Å². The van der Waals surface area contributed by atoms with Crippen molar-refractivity contribution < 1.29 is 8.92 Å². The quantitative estimate of drug-likeness (QED) is 0.0501. The number of allylic oxidation sites excluding steroid dienone is 7. The zero-order valence-electron chi connectivity index (χ0n) is 41.0. The van der Waals surface area contributed by atoms with Crippen molar-refractivity contribution in [2.75, 3.05) is 7.11 Å². The number of hydrogen-bond acceptors (Lipinski definition) is 4. The summed E-state index contributed by atoms with van der Waals surface area (Å²) in [6.45, 7) is 37.0. The molecule has 0 aliphatic heterocycles. The molecule has 0 radical (unpaired) electrons. The van der Waals surface area contributed by atoms with Crippen LogP contribution in [0.15, 0.2) is 225 Å². The second-order valence-electron chi connectivity index (χ2n) is 15.8. The van der Waals surface area contributed by atoms with Crippen LogP contribution in [0.5, 0.6) is 0 Å². The summed E-state index contributed by atoms with van der Waals surface area (Å²) in [5, 5.41) is 4.89. The van der Waals surface area contributed by atoms with E-state index >= 15 is 0 Å². The van der Waals surface area contributed by atoms with Gasteiger partial charge in [0.2, 0.25) is 0 Å². The van der Waals surface area contributed by atoms with E-state index in [1.54, 1.807) is 25.3 Å². The lowest BCUT2D eigenvalue weighted by Crippen LogP contribution is -2.28. The Morgan fingerprint density at radius 2 is 1.24 bits per heavy atom. The zero-order chi connectivity index (χ0) is 48.6. The lowest BCUT2D eigenvalue weighted by Gasteiger charge is -2.28. The van der Waals surface area contributed by atoms with E-state index in [1.807, 2.05) is 45.9 Å². The SMILES string of the molecule is C=C(C)c1ccc(SOC(C)(C)C(C)C)cc1.C=C(N=C(C)c1ccc2c(c1)c1ccccc1n2-c1ccccc1)c1ccc2ccccc2c1.C=C/C=C\C(=C/C)OC.C=CC=C.CC. The fraction of sp³-hybridized carbons (Fsp3) is 0.197. The van der Waals surface area contributed by atoms with Gasteiger partial charge in [-0.15, -0.1) is 0 Å². The first kappa shape index (κ1) is 53.7. The van der Waals surface area contributed by atoms with E-state index in [0.717, 1.165) is 44.5 Å². The molecule has 66 heavy (non-hydrogen) atoms. The van der Waals surface area contributed by atoms with E-state index in [4.69, 9.17) is 13.9 Å². The fourth-order valence-corrected chi connectivity index (χ4v) is 7.00. The smallest absolute Gasteiger partial charge is 0.114 e. The van der Waals surface area contributed by atoms with Gasteiger partial charge in [0.05, 0.1) is 29.4 Å². The fourth-order valence-electron chi connectivity index (χ4n) is 6.25. The number of benzene rings is 6. The Bertz CT molecular complexity index is 2760. The third-order valence-electron chi connectivity index (χ3n) is 10.7. The minimum Gasteiger partial charge on any atom is -0.497 e. The minimum atomic E-state index is -0.113. The first-order valence-corrected chi connectivity index (χ1v) is 23.2. The molecule has 0 bridgehead atoms. The summed E-state index contributed by atoms with van der Waals surface area (Å²) in [6.07, 6.45) is 10.6. The zero-order valence-corrected chi connectivity index (χ0v) is 41.8. The molecule has 0 aliphatic carbocycles. The normalized spacial score (nSPS) is 11.3. The van der Waals surface area contributed by atoms with Gasteiger partial charge in [-0.2, -0.15) is 0 Å². The minimum absolute atomic E-state index is 0.113. The number of aromatic nitrogens is 1. The van der Waals surface area contributed by atoms with Crippen LogP contribution in [0.2, 0.25) is 0 Å². The Balaban J connectivity index is 0.000000301. The van der Waals surface area contributed by atoms with Gasteiger partial charge in [-0.25, -0.2) is 0 Å². The molecular weight excluding hydrogens is 825 g/mol. The van der Waals surface area contributed by atoms with Crippen LogP contribution in [0.4, 0.5) is 0 Å². The van der Waals surface area contributed by atoms with Crippen molar-refractivity contribution in [3.05, 3.63) is 231 Å². The highest BCUT2D eigenvalue weighted by molar-refractivity contribution is 7.94. The number of methoxy groups -OCH3 is 1. The van der Waals surface area contributed by atoms with E-state index in [0.29, 0.717) is 5.92 Å². The molecule has 5 heteroatoms. The molecule has 7 rings (SSSR count). The van der Waals surface area contributed by atoms with E-state index < -0.39 is 0 Å². The maximum atomic E-state index is 5.87. The average Bonchev–Trinajstić information content (AvgIpc) is 3.68. The summed E-state index contributed by atoms with van der Waals surface area (Å²) >= 11 is 1.45. The number of nitrogens with zero attached hydrogens (tertiary/aromatic N) is 2. The van der Waals surface area contributed by atoms with Crippen LogP contribution < -0.4 is 0 Å². The molecule has 0 aliphatic rings. The van der Waals surface area contributed by atoms with Gasteiger partial charge in [-0.3, -0.25) is 4.99 Å². The summed E-state index contributed by atoms with van der Waals surface area (Å²) in [5.74, 6) is 1.35. The Hall–Kier alpha value is -6.66. The lowest BCUT2D eigenvalue weighted by atomic mass is 9.95. The third kappa shape index (κ3) is 15.5. The number of rotatable bonds is 13. The van der Waals surface area contributed by atoms with E-state index in [1.165, 1.54) is 50.2 Å². The topological polar surface area (TPSA) is 35.8 Å². The number of para-hydroxylation sites is 2. The molecule has 0 saturated carbocycles. The van der Waals surface area contributed by atoms with Gasteiger partial charge in [-0.1, -0.05) is 181 Å². The summed E-state index contributed by atoms with van der Waals surface area (Å²) < 4.78 is 13.1. The van der Waals surface area contributed by atoms with E-state index in [9.17, 15) is 0 Å². The van der Waals surface area contributed by atoms with Crippen molar-refractivity contribution in [1.29, 1.82) is 0 Å². The largest absolute Gasteiger partial charge is 0.497 e. The van der Waals surface area contributed by atoms with Gasteiger partial charge in [0.1, 0.15) is 5.76 Å². The molecular formula is C61H70N2O2S. The maximum absolute atomic E-state index is 5.87. The molecule has 0 atom stereocenters. The maximum Gasteiger partial charge on any atom is 0.114 e. The van der Waals surface area contributed by atoms with Crippen molar-refractivity contribution >= 4 is 61.6 Å². The van der Waals surface area contributed by atoms with Gasteiger partial charge in [-0.05, 0) is 123 Å². The molecule has 1 heterocycles. The molecule has 0 amide bonds. The van der Waals surface area contributed by atoms with Crippen LogP contribution in [0.3, 0.4) is 0 Å². The second kappa shape index (κ2) is 27.6. The molecule has 0 fully saturated rings. The summed E-state index contributed by atoms with van der Waals surface area (Å²) in [6, 6.07) is 48.8. The number of hydrogen-bond donors (Lipinski definition) is 0. The van der Waals surface area contributed by atoms with Crippen LogP contribution in [-0.2, 0) is 8.92 Å². The van der Waals surface area contributed by atoms with Crippen molar-refractivity contribution in [3.63, 3.8) is 0 Å². The molecule has 0 N–H and O–H groups in total. The molecule has 0 saturated heterocycles. The first-order valence-electron chi connectivity index (χ1n) is 22.4. The van der Waals surface area contributed by atoms with E-state index in [-0.39, 0.29) is 5.60 Å². The highest BCUT2D eigenvalue weighted by Crippen LogP contribution is 2.34. The molecule has 0 spiro atoms. The standard InChI is InChI=1S/C32H24N2.C15H22OS.C8H12O.C4H6.C2H6/c1-22(25-17-16-24-10-6-7-11-27(24)20-25)33-23(2)26-18-19-32-30(21-26)29-14-8-9-15-31(29)34(32)28-12-4-3-5-13-28;1-11(2)13-7-9-14(10-8-13)17-16-15(5,6)12(3)4;1-4-6-7-8(5-2)9-3;1-3-4-2;1-2/h3-21H,1H2,2H3;7-10,12H,1H2,2-6H3;4-7H,1H2,2-3H3;3-4H,1-2H2;1-2H3/b;;7-6-,8-5+;;. The lowest BCUT2D eigenvalue weighted by molar-refractivity contribution is 0.0850. The predicted molar refractivity (Wildman–Crippen MR) is 295 cm³/mol. The first-order chi connectivity index (χ1) is 31.8. The van der Waals surface area contributed by atoms with Gasteiger partial charge in [0.25, 0.3) is 0 Å². The number of fused-ring (bicyclic) bond motifs is 4. The van der Waals surface area contributed by atoms with Gasteiger partial charge < -0.3 is 13.5 Å². The summed E-state index contributed by atoms with van der Waals surface area (Å²) in [4.78, 5) is 6.02. The molecule has 4 nitrogen and oxygen atoms in total. The second-order valence-corrected chi connectivity index (χ2v) is 16.6. The monoisotopic (exact) mass is 895 g/mol. The Morgan fingerprint density at radius 1 is 0.667 bits per heavy atom. The Labute approximate surface area is 401 Å².